The maximum atomic E-state index is 15.1. The topological polar surface area (TPSA) is 37.4 Å². The molecule has 0 saturated heterocycles. The van der Waals surface area contributed by atoms with Crippen LogP contribution in [0.15, 0.2) is 121 Å². The lowest BCUT2D eigenvalue weighted by Gasteiger charge is -2.39. The van der Waals surface area contributed by atoms with Gasteiger partial charge in [0.05, 0.1) is 12.6 Å². The zero-order valence-electron chi connectivity index (χ0n) is 24.1. The highest BCUT2D eigenvalue weighted by Crippen LogP contribution is 2.58. The Morgan fingerprint density at radius 2 is 0.756 bits per heavy atom. The number of benzene rings is 4. The summed E-state index contributed by atoms with van der Waals surface area (Å²) in [4.78, 5) is 2.43. The average molecular weight is 584 g/mol. The third-order valence-electron chi connectivity index (χ3n) is 8.22. The van der Waals surface area contributed by atoms with Gasteiger partial charge in [-0.1, -0.05) is 141 Å². The van der Waals surface area contributed by atoms with Crippen LogP contribution in [0.3, 0.4) is 0 Å². The van der Waals surface area contributed by atoms with Crippen molar-refractivity contribution in [3.63, 3.8) is 0 Å². The van der Waals surface area contributed by atoms with Crippen molar-refractivity contribution in [2.75, 3.05) is 12.6 Å². The molecule has 0 aliphatic heterocycles. The molecule has 0 spiro atoms. The summed E-state index contributed by atoms with van der Waals surface area (Å²) in [6.45, 7) is 0. The molecule has 0 radical (unpaired) electrons. The Bertz CT molecular complexity index is 1230. The van der Waals surface area contributed by atoms with Crippen LogP contribution in [0.2, 0.25) is 0 Å². The van der Waals surface area contributed by atoms with Gasteiger partial charge in [-0.3, -0.25) is 4.90 Å². The second kappa shape index (κ2) is 14.5. The van der Waals surface area contributed by atoms with Crippen LogP contribution in [0.1, 0.15) is 54.4 Å². The van der Waals surface area contributed by atoms with E-state index in [1.165, 1.54) is 19.3 Å². The van der Waals surface area contributed by atoms with Crippen LogP contribution in [0.25, 0.3) is 0 Å². The summed E-state index contributed by atoms with van der Waals surface area (Å²) in [5.74, 6) is 0. The second-order valence-corrected chi connectivity index (χ2v) is 17.9. The molecule has 41 heavy (non-hydrogen) atoms. The van der Waals surface area contributed by atoms with E-state index < -0.39 is 14.3 Å². The first kappa shape index (κ1) is 29.8. The summed E-state index contributed by atoms with van der Waals surface area (Å²) in [7, 11) is -5.46. The van der Waals surface area contributed by atoms with E-state index in [2.05, 4.69) is 53.4 Å². The van der Waals surface area contributed by atoms with Gasteiger partial charge in [-0.15, -0.1) is 0 Å². The van der Waals surface area contributed by atoms with E-state index in [1.807, 2.05) is 72.8 Å². The largest absolute Gasteiger partial charge is 0.322 e. The highest BCUT2D eigenvalue weighted by molar-refractivity contribution is 7.63. The van der Waals surface area contributed by atoms with Gasteiger partial charge < -0.3 is 9.13 Å². The molecule has 1 saturated carbocycles. The third kappa shape index (κ3) is 9.14. The van der Waals surface area contributed by atoms with Crippen LogP contribution in [-0.2, 0) is 33.8 Å². The van der Waals surface area contributed by atoms with E-state index in [4.69, 9.17) is 0 Å². The van der Waals surface area contributed by atoms with E-state index in [1.54, 1.807) is 0 Å². The first-order valence-electron chi connectivity index (χ1n) is 15.0. The van der Waals surface area contributed by atoms with Crippen molar-refractivity contribution in [1.82, 2.24) is 4.90 Å². The zero-order valence-corrected chi connectivity index (χ0v) is 25.8. The van der Waals surface area contributed by atoms with Crippen LogP contribution in [0.4, 0.5) is 0 Å². The molecule has 1 aliphatic rings. The summed E-state index contributed by atoms with van der Waals surface area (Å²) in [6.07, 6.45) is 9.07. The van der Waals surface area contributed by atoms with Crippen LogP contribution in [0, 0.1) is 0 Å². The average Bonchev–Trinajstić information content (AvgIpc) is 2.99. The quantitative estimate of drug-likeness (QED) is 0.147. The molecule has 0 heterocycles. The first-order chi connectivity index (χ1) is 20.0. The lowest BCUT2D eigenvalue weighted by molar-refractivity contribution is 0.203. The van der Waals surface area contributed by atoms with Crippen LogP contribution in [-0.4, -0.2) is 23.5 Å². The van der Waals surface area contributed by atoms with Crippen molar-refractivity contribution in [3.05, 3.63) is 144 Å². The van der Waals surface area contributed by atoms with Crippen molar-refractivity contribution in [2.45, 2.75) is 62.8 Å². The first-order valence-corrected chi connectivity index (χ1v) is 19.6. The minimum atomic E-state index is -2.73. The van der Waals surface area contributed by atoms with Crippen molar-refractivity contribution in [3.8, 4) is 0 Å². The SMILES string of the molecule is O=P(Cc1ccccc1)(Cc1ccccc1)CN(CP(=O)(Cc1ccccc1)Cc1ccccc1)C1CCCCC1. The molecule has 0 unspecified atom stereocenters. The Hall–Kier alpha value is -2.70. The minimum absolute atomic E-state index is 0.323. The highest BCUT2D eigenvalue weighted by Gasteiger charge is 2.35. The van der Waals surface area contributed by atoms with Gasteiger partial charge in [0.2, 0.25) is 0 Å². The summed E-state index contributed by atoms with van der Waals surface area (Å²) < 4.78 is 30.2. The van der Waals surface area contributed by atoms with E-state index in [0.717, 1.165) is 35.1 Å². The fourth-order valence-electron chi connectivity index (χ4n) is 6.36. The zero-order chi connectivity index (χ0) is 28.4. The molecule has 3 nitrogen and oxygen atoms in total. The van der Waals surface area contributed by atoms with Gasteiger partial charge in [-0.2, -0.15) is 0 Å². The molecule has 0 bridgehead atoms. The Labute approximate surface area is 246 Å². The van der Waals surface area contributed by atoms with Crippen molar-refractivity contribution in [1.29, 1.82) is 0 Å². The predicted molar refractivity (Wildman–Crippen MR) is 174 cm³/mol. The molecule has 1 fully saturated rings. The summed E-state index contributed by atoms with van der Waals surface area (Å²) >= 11 is 0. The van der Waals surface area contributed by atoms with Crippen molar-refractivity contribution < 1.29 is 9.13 Å². The Balaban J connectivity index is 1.48. The maximum absolute atomic E-state index is 15.1. The van der Waals surface area contributed by atoms with Crippen molar-refractivity contribution in [2.24, 2.45) is 0 Å². The number of hydrogen-bond donors (Lipinski definition) is 0. The Morgan fingerprint density at radius 1 is 0.463 bits per heavy atom. The van der Waals surface area contributed by atoms with E-state index >= 15 is 9.13 Å². The predicted octanol–water partition coefficient (Wildman–Crippen LogP) is 10.1. The van der Waals surface area contributed by atoms with Crippen LogP contribution in [0.5, 0.6) is 0 Å². The lowest BCUT2D eigenvalue weighted by atomic mass is 9.95. The molecule has 0 aromatic heterocycles. The van der Waals surface area contributed by atoms with Gasteiger partial charge in [0.15, 0.2) is 0 Å². The third-order valence-corrected chi connectivity index (χ3v) is 13.7. The van der Waals surface area contributed by atoms with E-state index in [9.17, 15) is 0 Å². The maximum Gasteiger partial charge on any atom is 0.109 e. The molecule has 0 atom stereocenters. The minimum Gasteiger partial charge on any atom is -0.322 e. The molecule has 1 aliphatic carbocycles. The number of hydrogen-bond acceptors (Lipinski definition) is 3. The number of nitrogens with zero attached hydrogens (tertiary/aromatic N) is 1. The van der Waals surface area contributed by atoms with Crippen LogP contribution < -0.4 is 0 Å². The monoisotopic (exact) mass is 583 g/mol. The highest BCUT2D eigenvalue weighted by atomic mass is 31.2. The fourth-order valence-corrected chi connectivity index (χ4v) is 12.6. The van der Waals surface area contributed by atoms with Crippen LogP contribution >= 0.6 is 14.3 Å². The van der Waals surface area contributed by atoms with E-state index in [0.29, 0.717) is 43.3 Å². The Kier molecular flexibility index (Phi) is 10.5. The molecular weight excluding hydrogens is 540 g/mol. The van der Waals surface area contributed by atoms with E-state index in [-0.39, 0.29) is 0 Å². The molecule has 5 rings (SSSR count). The molecule has 4 aromatic rings. The van der Waals surface area contributed by atoms with Gasteiger partial charge in [-0.25, -0.2) is 0 Å². The van der Waals surface area contributed by atoms with Gasteiger partial charge >= 0.3 is 0 Å². The molecule has 214 valence electrons. The normalized spacial score (nSPS) is 14.8. The standard InChI is InChI=1S/C36H43NO2P2/c38-40(26-32-16-6-1-7-17-32,27-33-18-8-2-9-19-33)30-37(36-24-14-5-15-25-36)31-41(39,28-34-20-10-3-11-21-34)29-35-22-12-4-13-23-35/h1-4,6-13,16-23,36H,5,14-15,24-31H2. The molecular formula is C36H43NO2P2. The molecule has 0 amide bonds. The molecule has 5 heteroatoms. The molecule has 0 N–H and O–H groups in total. The summed E-state index contributed by atoms with van der Waals surface area (Å²) in [5, 5.41) is 0. The number of rotatable bonds is 13. The van der Waals surface area contributed by atoms with Gasteiger partial charge in [0, 0.05) is 30.7 Å². The van der Waals surface area contributed by atoms with Gasteiger partial charge in [-0.05, 0) is 35.1 Å². The lowest BCUT2D eigenvalue weighted by Crippen LogP contribution is -2.38. The Morgan fingerprint density at radius 3 is 1.05 bits per heavy atom. The van der Waals surface area contributed by atoms with Gasteiger partial charge in [0.1, 0.15) is 14.3 Å². The van der Waals surface area contributed by atoms with Crippen molar-refractivity contribution >= 4 is 14.3 Å². The smallest absolute Gasteiger partial charge is 0.109 e. The summed E-state index contributed by atoms with van der Waals surface area (Å²) in [5.41, 5.74) is 4.47. The fraction of sp³-hybridized carbons (Fsp3) is 0.333. The van der Waals surface area contributed by atoms with Gasteiger partial charge in [0.25, 0.3) is 0 Å². The summed E-state index contributed by atoms with van der Waals surface area (Å²) in [6, 6.07) is 41.4. The second-order valence-electron chi connectivity index (χ2n) is 11.9. The molecule has 4 aromatic carbocycles.